The zero-order valence-electron chi connectivity index (χ0n) is 11.0. The molecule has 1 aliphatic carbocycles. The van der Waals surface area contributed by atoms with Gasteiger partial charge in [-0.25, -0.2) is 0 Å². The van der Waals surface area contributed by atoms with Crippen LogP contribution in [0.25, 0.3) is 0 Å². The molecule has 0 bridgehead atoms. The molecule has 1 fully saturated rings. The summed E-state index contributed by atoms with van der Waals surface area (Å²) in [4.78, 5) is 0. The standard InChI is InChI=1S/C14H23ClN2/c1-12(2)17-9-6-13(16-17)10-14(11-15)7-4-3-5-8-14/h6,9,12H,3-5,7-8,10-11H2,1-2H3. The molecule has 0 aromatic carbocycles. The maximum atomic E-state index is 6.22. The first-order chi connectivity index (χ1) is 8.15. The lowest BCUT2D eigenvalue weighted by atomic mass is 9.72. The first-order valence-corrected chi connectivity index (χ1v) is 7.29. The summed E-state index contributed by atoms with van der Waals surface area (Å²) in [5.41, 5.74) is 1.52. The van der Waals surface area contributed by atoms with Gasteiger partial charge in [-0.3, -0.25) is 4.68 Å². The average Bonchev–Trinajstić information content (AvgIpc) is 2.79. The fourth-order valence-corrected chi connectivity index (χ4v) is 3.16. The van der Waals surface area contributed by atoms with Gasteiger partial charge in [-0.1, -0.05) is 19.3 Å². The number of hydrogen-bond acceptors (Lipinski definition) is 1. The first-order valence-electron chi connectivity index (χ1n) is 6.75. The van der Waals surface area contributed by atoms with Crippen molar-refractivity contribution in [2.45, 2.75) is 58.4 Å². The van der Waals surface area contributed by atoms with E-state index in [0.29, 0.717) is 11.5 Å². The highest BCUT2D eigenvalue weighted by molar-refractivity contribution is 6.18. The van der Waals surface area contributed by atoms with Gasteiger partial charge < -0.3 is 0 Å². The molecule has 1 saturated carbocycles. The Bertz CT molecular complexity index is 351. The smallest absolute Gasteiger partial charge is 0.0630 e. The second-order valence-corrected chi connectivity index (χ2v) is 6.02. The number of rotatable bonds is 4. The van der Waals surface area contributed by atoms with Crippen LogP contribution in [0.5, 0.6) is 0 Å². The molecule has 0 saturated heterocycles. The minimum absolute atomic E-state index is 0.315. The van der Waals surface area contributed by atoms with Gasteiger partial charge in [0.05, 0.1) is 5.69 Å². The molecule has 1 aromatic heterocycles. The predicted octanol–water partition coefficient (Wildman–Crippen LogP) is 4.20. The minimum atomic E-state index is 0.315. The van der Waals surface area contributed by atoms with Crippen LogP contribution in [0.15, 0.2) is 12.3 Å². The fraction of sp³-hybridized carbons (Fsp3) is 0.786. The van der Waals surface area contributed by atoms with Gasteiger partial charge in [-0.15, -0.1) is 11.6 Å². The third-order valence-corrected chi connectivity index (χ3v) is 4.51. The quantitative estimate of drug-likeness (QED) is 0.737. The van der Waals surface area contributed by atoms with Crippen molar-refractivity contribution < 1.29 is 0 Å². The fourth-order valence-electron chi connectivity index (χ4n) is 2.80. The van der Waals surface area contributed by atoms with Crippen molar-refractivity contribution in [3.05, 3.63) is 18.0 Å². The Morgan fingerprint density at radius 1 is 1.35 bits per heavy atom. The molecule has 3 heteroatoms. The normalized spacial score (nSPS) is 19.8. The van der Waals surface area contributed by atoms with Crippen LogP contribution in [0.2, 0.25) is 0 Å². The van der Waals surface area contributed by atoms with E-state index < -0.39 is 0 Å². The molecule has 17 heavy (non-hydrogen) atoms. The Kier molecular flexibility index (Phi) is 4.13. The van der Waals surface area contributed by atoms with E-state index in [1.807, 2.05) is 4.68 Å². The lowest BCUT2D eigenvalue weighted by Gasteiger charge is -2.35. The van der Waals surface area contributed by atoms with E-state index >= 15 is 0 Å². The summed E-state index contributed by atoms with van der Waals surface area (Å²) in [6.07, 6.45) is 9.71. The Hall–Kier alpha value is -0.500. The zero-order chi connectivity index (χ0) is 12.3. The summed E-state index contributed by atoms with van der Waals surface area (Å²) in [6.45, 7) is 4.32. The minimum Gasteiger partial charge on any atom is -0.270 e. The molecule has 1 aromatic rings. The van der Waals surface area contributed by atoms with Crippen LogP contribution >= 0.6 is 11.6 Å². The molecule has 0 spiro atoms. The van der Waals surface area contributed by atoms with Gasteiger partial charge in [0.2, 0.25) is 0 Å². The van der Waals surface area contributed by atoms with Gasteiger partial charge in [0, 0.05) is 18.1 Å². The number of hydrogen-bond donors (Lipinski definition) is 0. The monoisotopic (exact) mass is 254 g/mol. The third kappa shape index (κ3) is 3.04. The number of aromatic nitrogens is 2. The van der Waals surface area contributed by atoms with Crippen LogP contribution in [0, 0.1) is 5.41 Å². The van der Waals surface area contributed by atoms with E-state index in [0.717, 1.165) is 12.3 Å². The van der Waals surface area contributed by atoms with Crippen LogP contribution in [0.3, 0.4) is 0 Å². The van der Waals surface area contributed by atoms with E-state index in [4.69, 9.17) is 11.6 Å². The molecule has 0 atom stereocenters. The number of alkyl halides is 1. The summed E-state index contributed by atoms with van der Waals surface area (Å²) in [6, 6.07) is 2.60. The van der Waals surface area contributed by atoms with Crippen molar-refractivity contribution in [1.82, 2.24) is 9.78 Å². The van der Waals surface area contributed by atoms with Gasteiger partial charge in [0.1, 0.15) is 0 Å². The van der Waals surface area contributed by atoms with E-state index in [-0.39, 0.29) is 0 Å². The number of halogens is 1. The van der Waals surface area contributed by atoms with E-state index in [1.165, 1.54) is 37.8 Å². The zero-order valence-corrected chi connectivity index (χ0v) is 11.7. The Morgan fingerprint density at radius 2 is 2.06 bits per heavy atom. The van der Waals surface area contributed by atoms with Crippen molar-refractivity contribution in [3.8, 4) is 0 Å². The molecule has 1 heterocycles. The molecule has 0 unspecified atom stereocenters. The molecular formula is C14H23ClN2. The molecule has 0 aliphatic heterocycles. The van der Waals surface area contributed by atoms with E-state index in [9.17, 15) is 0 Å². The highest BCUT2D eigenvalue weighted by Crippen LogP contribution is 2.39. The molecule has 96 valence electrons. The van der Waals surface area contributed by atoms with Gasteiger partial charge >= 0.3 is 0 Å². The maximum Gasteiger partial charge on any atom is 0.0630 e. The molecule has 2 nitrogen and oxygen atoms in total. The second-order valence-electron chi connectivity index (χ2n) is 5.75. The Labute approximate surface area is 109 Å². The van der Waals surface area contributed by atoms with Gasteiger partial charge in [-0.2, -0.15) is 5.10 Å². The summed E-state index contributed by atoms with van der Waals surface area (Å²) in [5.74, 6) is 0.779. The average molecular weight is 255 g/mol. The summed E-state index contributed by atoms with van der Waals surface area (Å²) >= 11 is 6.22. The lowest BCUT2D eigenvalue weighted by molar-refractivity contribution is 0.217. The largest absolute Gasteiger partial charge is 0.270 e. The molecular weight excluding hydrogens is 232 g/mol. The van der Waals surface area contributed by atoms with E-state index in [1.54, 1.807) is 0 Å². The highest BCUT2D eigenvalue weighted by Gasteiger charge is 2.32. The Morgan fingerprint density at radius 3 is 2.59 bits per heavy atom. The first kappa shape index (κ1) is 12.9. The van der Waals surface area contributed by atoms with Crippen molar-refractivity contribution >= 4 is 11.6 Å². The lowest BCUT2D eigenvalue weighted by Crippen LogP contribution is -2.29. The van der Waals surface area contributed by atoms with Gasteiger partial charge in [0.15, 0.2) is 0 Å². The van der Waals surface area contributed by atoms with E-state index in [2.05, 4.69) is 31.2 Å². The summed E-state index contributed by atoms with van der Waals surface area (Å²) < 4.78 is 2.04. The van der Waals surface area contributed by atoms with Crippen molar-refractivity contribution in [1.29, 1.82) is 0 Å². The van der Waals surface area contributed by atoms with Crippen LogP contribution in [-0.4, -0.2) is 15.7 Å². The van der Waals surface area contributed by atoms with Crippen molar-refractivity contribution in [3.63, 3.8) is 0 Å². The molecule has 0 radical (unpaired) electrons. The van der Waals surface area contributed by atoms with Crippen LogP contribution < -0.4 is 0 Å². The SMILES string of the molecule is CC(C)n1ccc(CC2(CCl)CCCCC2)n1. The second kappa shape index (κ2) is 5.43. The maximum absolute atomic E-state index is 6.22. The van der Waals surface area contributed by atoms with Crippen LogP contribution in [-0.2, 0) is 6.42 Å². The van der Waals surface area contributed by atoms with Gasteiger partial charge in [-0.05, 0) is 44.6 Å². The number of nitrogens with zero attached hydrogens (tertiary/aromatic N) is 2. The Balaban J connectivity index is 2.06. The van der Waals surface area contributed by atoms with Crippen LogP contribution in [0.1, 0.15) is 57.7 Å². The van der Waals surface area contributed by atoms with Crippen molar-refractivity contribution in [2.75, 3.05) is 5.88 Å². The molecule has 1 aliphatic rings. The summed E-state index contributed by atoms with van der Waals surface area (Å²) in [7, 11) is 0. The molecule has 0 N–H and O–H groups in total. The van der Waals surface area contributed by atoms with Crippen LogP contribution in [0.4, 0.5) is 0 Å². The third-order valence-electron chi connectivity index (χ3n) is 3.95. The predicted molar refractivity (Wildman–Crippen MR) is 72.6 cm³/mol. The molecule has 2 rings (SSSR count). The van der Waals surface area contributed by atoms with Crippen molar-refractivity contribution in [2.24, 2.45) is 5.41 Å². The summed E-state index contributed by atoms with van der Waals surface area (Å²) in [5, 5.41) is 4.65. The highest BCUT2D eigenvalue weighted by atomic mass is 35.5. The van der Waals surface area contributed by atoms with Gasteiger partial charge in [0.25, 0.3) is 0 Å². The molecule has 0 amide bonds. The topological polar surface area (TPSA) is 17.8 Å².